The van der Waals surface area contributed by atoms with Gasteiger partial charge in [0, 0.05) is 37.9 Å². The summed E-state index contributed by atoms with van der Waals surface area (Å²) in [6, 6.07) is 5.68. The lowest BCUT2D eigenvalue weighted by molar-refractivity contribution is 0.130. The summed E-state index contributed by atoms with van der Waals surface area (Å²) >= 11 is 0. The normalized spacial score (nSPS) is 13.8. The summed E-state index contributed by atoms with van der Waals surface area (Å²) in [5.41, 5.74) is 6.74. The molecule has 1 aromatic carbocycles. The van der Waals surface area contributed by atoms with Crippen molar-refractivity contribution in [1.82, 2.24) is 0 Å². The molecule has 7 heteroatoms. The number of benzene rings is 1. The van der Waals surface area contributed by atoms with E-state index in [2.05, 4.69) is 17.2 Å². The molecule has 136 valence electrons. The predicted octanol–water partition coefficient (Wildman–Crippen LogP) is 3.40. The number of guanidine groups is 1. The van der Waals surface area contributed by atoms with Gasteiger partial charge in [0.15, 0.2) is 17.5 Å². The molecule has 0 aliphatic carbocycles. The molecule has 0 atom stereocenters. The lowest BCUT2D eigenvalue weighted by atomic mass is 10.3. The second kappa shape index (κ2) is 12.2. The molecule has 6 nitrogen and oxygen atoms in total. The minimum atomic E-state index is 0. The zero-order valence-corrected chi connectivity index (χ0v) is 16.6. The van der Waals surface area contributed by atoms with Crippen molar-refractivity contribution >= 4 is 35.6 Å². The highest BCUT2D eigenvalue weighted by Gasteiger charge is 2.10. The minimum Gasteiger partial charge on any atom is -0.490 e. The Morgan fingerprint density at radius 2 is 1.96 bits per heavy atom. The first-order chi connectivity index (χ1) is 11.3. The van der Waals surface area contributed by atoms with E-state index < -0.39 is 0 Å². The molecule has 0 saturated heterocycles. The smallest absolute Gasteiger partial charge is 0.193 e. The Morgan fingerprint density at radius 1 is 1.21 bits per heavy atom. The second-order valence-corrected chi connectivity index (χ2v) is 5.42. The first kappa shape index (κ1) is 20.8. The van der Waals surface area contributed by atoms with E-state index in [1.54, 1.807) is 0 Å². The highest BCUT2D eigenvalue weighted by atomic mass is 127. The molecule has 1 heterocycles. The van der Waals surface area contributed by atoms with Crippen LogP contribution in [0, 0.1) is 0 Å². The molecule has 0 spiro atoms. The molecule has 1 aromatic rings. The van der Waals surface area contributed by atoms with Crippen molar-refractivity contribution in [3.8, 4) is 11.5 Å². The monoisotopic (exact) mass is 449 g/mol. The number of hydrogen-bond acceptors (Lipinski definition) is 4. The molecular formula is C17H28IN3O3. The summed E-state index contributed by atoms with van der Waals surface area (Å²) in [5.74, 6) is 1.91. The highest BCUT2D eigenvalue weighted by Crippen LogP contribution is 2.32. The third-order valence-electron chi connectivity index (χ3n) is 3.39. The molecule has 0 unspecified atom stereocenters. The molecule has 24 heavy (non-hydrogen) atoms. The first-order valence-electron chi connectivity index (χ1n) is 8.34. The number of fused-ring (bicyclic) bond motifs is 1. The van der Waals surface area contributed by atoms with Crippen LogP contribution < -0.4 is 20.5 Å². The highest BCUT2D eigenvalue weighted by molar-refractivity contribution is 14.0. The fourth-order valence-electron chi connectivity index (χ4n) is 2.14. The molecule has 0 amide bonds. The van der Waals surface area contributed by atoms with Crippen LogP contribution in [0.2, 0.25) is 0 Å². The lowest BCUT2D eigenvalue weighted by Crippen LogP contribution is -2.23. The van der Waals surface area contributed by atoms with Crippen molar-refractivity contribution in [3.63, 3.8) is 0 Å². The van der Waals surface area contributed by atoms with E-state index in [0.29, 0.717) is 25.7 Å². The van der Waals surface area contributed by atoms with E-state index in [-0.39, 0.29) is 24.0 Å². The van der Waals surface area contributed by atoms with Gasteiger partial charge in [0.05, 0.1) is 13.2 Å². The quantitative estimate of drug-likeness (QED) is 0.275. The van der Waals surface area contributed by atoms with Crippen LogP contribution in [0.25, 0.3) is 0 Å². The van der Waals surface area contributed by atoms with Gasteiger partial charge in [-0.2, -0.15) is 0 Å². The zero-order valence-electron chi connectivity index (χ0n) is 14.3. The minimum absolute atomic E-state index is 0. The van der Waals surface area contributed by atoms with Gasteiger partial charge in [-0.1, -0.05) is 13.3 Å². The Bertz CT molecular complexity index is 512. The molecule has 0 aromatic heterocycles. The molecule has 0 fully saturated rings. The van der Waals surface area contributed by atoms with E-state index in [0.717, 1.165) is 56.1 Å². The number of nitrogens with zero attached hydrogens (tertiary/aromatic N) is 1. The molecule has 2 rings (SSSR count). The van der Waals surface area contributed by atoms with Gasteiger partial charge in [-0.05, 0) is 25.0 Å². The van der Waals surface area contributed by atoms with E-state index in [1.807, 2.05) is 18.2 Å². The molecule has 0 saturated carbocycles. The van der Waals surface area contributed by atoms with Crippen molar-refractivity contribution < 1.29 is 14.2 Å². The number of hydrogen-bond donors (Lipinski definition) is 2. The molecule has 0 bridgehead atoms. The van der Waals surface area contributed by atoms with Gasteiger partial charge in [0.1, 0.15) is 0 Å². The average Bonchev–Trinajstić information content (AvgIpc) is 2.79. The SMILES string of the molecule is CCCCOCCCN=C(N)Nc1ccc2c(c1)OCCCO2.I. The zero-order chi connectivity index (χ0) is 16.3. The standard InChI is InChI=1S/C17H27N3O3.HI/c1-2-3-9-21-10-4-8-19-17(18)20-14-6-7-15-16(13-14)23-12-5-11-22-15;/h6-7,13H,2-5,8-12H2,1H3,(H3,18,19,20);1H. The summed E-state index contributed by atoms with van der Waals surface area (Å²) in [4.78, 5) is 4.30. The Morgan fingerprint density at radius 3 is 2.75 bits per heavy atom. The van der Waals surface area contributed by atoms with Crippen molar-refractivity contribution in [2.24, 2.45) is 10.7 Å². The van der Waals surface area contributed by atoms with Gasteiger partial charge >= 0.3 is 0 Å². The fourth-order valence-corrected chi connectivity index (χ4v) is 2.14. The van der Waals surface area contributed by atoms with Crippen LogP contribution in [0.15, 0.2) is 23.2 Å². The van der Waals surface area contributed by atoms with Crippen LogP contribution in [-0.4, -0.2) is 38.9 Å². The van der Waals surface area contributed by atoms with E-state index in [1.165, 1.54) is 0 Å². The Hall–Kier alpha value is -1.22. The Kier molecular flexibility index (Phi) is 10.6. The van der Waals surface area contributed by atoms with Gasteiger partial charge in [-0.25, -0.2) is 0 Å². The molecule has 0 radical (unpaired) electrons. The van der Waals surface area contributed by atoms with Gasteiger partial charge in [0.2, 0.25) is 0 Å². The third-order valence-corrected chi connectivity index (χ3v) is 3.39. The van der Waals surface area contributed by atoms with Crippen LogP contribution in [0.5, 0.6) is 11.5 Å². The third kappa shape index (κ3) is 7.57. The van der Waals surface area contributed by atoms with Crippen LogP contribution >= 0.6 is 24.0 Å². The van der Waals surface area contributed by atoms with Crippen LogP contribution in [0.3, 0.4) is 0 Å². The Balaban J connectivity index is 0.00000288. The van der Waals surface area contributed by atoms with Gasteiger partial charge in [-0.15, -0.1) is 24.0 Å². The largest absolute Gasteiger partial charge is 0.490 e. The van der Waals surface area contributed by atoms with Crippen LogP contribution in [0.1, 0.15) is 32.6 Å². The van der Waals surface area contributed by atoms with Crippen molar-refractivity contribution in [1.29, 1.82) is 0 Å². The fraction of sp³-hybridized carbons (Fsp3) is 0.588. The number of unbranched alkanes of at least 4 members (excludes halogenated alkanes) is 1. The summed E-state index contributed by atoms with van der Waals surface area (Å²) < 4.78 is 16.7. The van der Waals surface area contributed by atoms with Gasteiger partial charge < -0.3 is 25.3 Å². The van der Waals surface area contributed by atoms with Gasteiger partial charge in [0.25, 0.3) is 0 Å². The lowest BCUT2D eigenvalue weighted by Gasteiger charge is -2.10. The molecule has 3 N–H and O–H groups in total. The number of halogens is 1. The van der Waals surface area contributed by atoms with Crippen molar-refractivity contribution in [2.45, 2.75) is 32.6 Å². The topological polar surface area (TPSA) is 78.1 Å². The molecule has 1 aliphatic heterocycles. The predicted molar refractivity (Wildman–Crippen MR) is 108 cm³/mol. The van der Waals surface area contributed by atoms with E-state index in [4.69, 9.17) is 19.9 Å². The summed E-state index contributed by atoms with van der Waals surface area (Å²) in [6.07, 6.45) is 4.02. The number of rotatable bonds is 8. The van der Waals surface area contributed by atoms with Crippen LogP contribution in [-0.2, 0) is 4.74 Å². The molecular weight excluding hydrogens is 421 g/mol. The van der Waals surface area contributed by atoms with Crippen molar-refractivity contribution in [2.75, 3.05) is 38.3 Å². The summed E-state index contributed by atoms with van der Waals surface area (Å²) in [5, 5.41) is 3.08. The maximum Gasteiger partial charge on any atom is 0.193 e. The van der Waals surface area contributed by atoms with E-state index >= 15 is 0 Å². The van der Waals surface area contributed by atoms with Crippen molar-refractivity contribution in [3.05, 3.63) is 18.2 Å². The van der Waals surface area contributed by atoms with Crippen LogP contribution in [0.4, 0.5) is 5.69 Å². The maximum absolute atomic E-state index is 5.90. The number of nitrogens with one attached hydrogen (secondary N) is 1. The number of nitrogens with two attached hydrogens (primary N) is 1. The number of ether oxygens (including phenoxy) is 3. The summed E-state index contributed by atoms with van der Waals surface area (Å²) in [7, 11) is 0. The first-order valence-corrected chi connectivity index (χ1v) is 8.34. The number of aliphatic imine (C=N–C) groups is 1. The second-order valence-electron chi connectivity index (χ2n) is 5.42. The average molecular weight is 449 g/mol. The molecule has 1 aliphatic rings. The maximum atomic E-state index is 5.90. The van der Waals surface area contributed by atoms with E-state index in [9.17, 15) is 0 Å². The summed E-state index contributed by atoms with van der Waals surface area (Å²) in [6.45, 7) is 5.70. The Labute approximate surface area is 161 Å². The number of anilines is 1. The van der Waals surface area contributed by atoms with Gasteiger partial charge in [-0.3, -0.25) is 4.99 Å².